The maximum atomic E-state index is 12.0. The molecule has 0 fully saturated rings. The van der Waals surface area contributed by atoms with Crippen LogP contribution in [0.25, 0.3) is 0 Å². The number of ether oxygens (including phenoxy) is 3. The van der Waals surface area contributed by atoms with Crippen LogP contribution in [0.4, 0.5) is 5.69 Å². The number of nitrogens with zero attached hydrogens (tertiary/aromatic N) is 1. The summed E-state index contributed by atoms with van der Waals surface area (Å²) in [6.45, 7) is 2.66. The number of methoxy groups -OCH3 is 1. The van der Waals surface area contributed by atoms with Crippen LogP contribution in [0.2, 0.25) is 0 Å². The Hall–Kier alpha value is -1.58. The van der Waals surface area contributed by atoms with Gasteiger partial charge >= 0.3 is 5.97 Å². The van der Waals surface area contributed by atoms with Gasteiger partial charge in [-0.1, -0.05) is 0 Å². The van der Waals surface area contributed by atoms with Crippen LogP contribution < -0.4 is 4.72 Å². The highest BCUT2D eigenvalue weighted by molar-refractivity contribution is 7.92. The molecule has 0 amide bonds. The number of sulfonamides is 1. The molecule has 126 valence electrons. The minimum Gasteiger partial charge on any atom is -0.461 e. The first-order valence-electron chi connectivity index (χ1n) is 6.81. The Balaban J connectivity index is 2.67. The molecule has 1 rings (SSSR count). The number of anilines is 1. The summed E-state index contributed by atoms with van der Waals surface area (Å²) in [5.74, 6) is -0.794. The summed E-state index contributed by atoms with van der Waals surface area (Å²) >= 11 is 0. The molecular formula is C13H22N2O6S. The van der Waals surface area contributed by atoms with Crippen LogP contribution in [0.5, 0.6) is 0 Å². The van der Waals surface area contributed by atoms with Crippen molar-refractivity contribution in [1.82, 2.24) is 4.57 Å². The second-order valence-corrected chi connectivity index (χ2v) is 6.28. The predicted octanol–water partition coefficient (Wildman–Crippen LogP) is 0.606. The Bertz CT molecular complexity index is 581. The van der Waals surface area contributed by atoms with E-state index >= 15 is 0 Å². The van der Waals surface area contributed by atoms with Crippen LogP contribution in [-0.4, -0.2) is 58.2 Å². The quantitative estimate of drug-likeness (QED) is 0.497. The molecule has 0 unspecified atom stereocenters. The third-order valence-electron chi connectivity index (χ3n) is 2.74. The van der Waals surface area contributed by atoms with Crippen LogP contribution >= 0.6 is 0 Å². The molecule has 0 atom stereocenters. The molecule has 9 heteroatoms. The summed E-state index contributed by atoms with van der Waals surface area (Å²) in [5.41, 5.74) is 0.351. The highest BCUT2D eigenvalue weighted by Crippen LogP contribution is 2.19. The molecule has 0 aliphatic rings. The van der Waals surface area contributed by atoms with Gasteiger partial charge in [0.2, 0.25) is 10.0 Å². The molecule has 8 nitrogen and oxygen atoms in total. The molecule has 0 aliphatic carbocycles. The van der Waals surface area contributed by atoms with Crippen LogP contribution in [0.1, 0.15) is 17.4 Å². The monoisotopic (exact) mass is 334 g/mol. The first-order chi connectivity index (χ1) is 10.4. The maximum absolute atomic E-state index is 12.0. The molecule has 1 aromatic heterocycles. The fraction of sp³-hybridized carbons (Fsp3) is 0.615. The molecule has 0 radical (unpaired) electrons. The molecule has 0 aliphatic heterocycles. The van der Waals surface area contributed by atoms with E-state index in [2.05, 4.69) is 4.72 Å². The zero-order valence-electron chi connectivity index (χ0n) is 13.0. The van der Waals surface area contributed by atoms with Gasteiger partial charge in [0.15, 0.2) is 5.69 Å². The van der Waals surface area contributed by atoms with E-state index in [4.69, 9.17) is 14.2 Å². The Morgan fingerprint density at radius 1 is 1.32 bits per heavy atom. The lowest BCUT2D eigenvalue weighted by atomic mass is 10.4. The third-order valence-corrected chi connectivity index (χ3v) is 3.97. The van der Waals surface area contributed by atoms with Crippen molar-refractivity contribution in [2.24, 2.45) is 7.05 Å². The van der Waals surface area contributed by atoms with E-state index in [1.54, 1.807) is 20.2 Å². The van der Waals surface area contributed by atoms with E-state index in [0.29, 0.717) is 13.2 Å². The third kappa shape index (κ3) is 5.66. The Labute approximate surface area is 130 Å². The predicted molar refractivity (Wildman–Crippen MR) is 81.5 cm³/mol. The summed E-state index contributed by atoms with van der Waals surface area (Å²) in [7, 11) is -0.444. The van der Waals surface area contributed by atoms with Gasteiger partial charge in [0.1, 0.15) is 0 Å². The normalized spacial score (nSPS) is 11.4. The summed E-state index contributed by atoms with van der Waals surface area (Å²) in [5, 5.41) is 0. The maximum Gasteiger partial charge on any atom is 0.357 e. The van der Waals surface area contributed by atoms with Crippen molar-refractivity contribution < 1.29 is 27.4 Å². The topological polar surface area (TPSA) is 95.9 Å². The molecule has 22 heavy (non-hydrogen) atoms. The number of esters is 1. The lowest BCUT2D eigenvalue weighted by Gasteiger charge is -2.10. The summed E-state index contributed by atoms with van der Waals surface area (Å²) in [6, 6.07) is 1.51. The van der Waals surface area contributed by atoms with Crippen LogP contribution in [0, 0.1) is 0 Å². The van der Waals surface area contributed by atoms with Crippen LogP contribution in [0.3, 0.4) is 0 Å². The minimum absolute atomic E-state index is 0.0419. The number of rotatable bonds is 10. The van der Waals surface area contributed by atoms with E-state index in [-0.39, 0.29) is 30.3 Å². The molecular weight excluding hydrogens is 312 g/mol. The van der Waals surface area contributed by atoms with Crippen molar-refractivity contribution in [3.8, 4) is 0 Å². The van der Waals surface area contributed by atoms with Gasteiger partial charge < -0.3 is 18.8 Å². The number of nitrogens with one attached hydrogen (secondary N) is 1. The van der Waals surface area contributed by atoms with Gasteiger partial charge in [-0.15, -0.1) is 0 Å². The standard InChI is InChI=1S/C13H22N2O6S/c1-4-21-13(16)12-11(5-6-15(12)2)14-22(17,18)10-9-20-8-7-19-3/h5-6,14H,4,7-10H2,1-3H3. The Morgan fingerprint density at radius 3 is 2.68 bits per heavy atom. The molecule has 0 bridgehead atoms. The van der Waals surface area contributed by atoms with Gasteiger partial charge in [-0.05, 0) is 13.0 Å². The van der Waals surface area contributed by atoms with Gasteiger partial charge in [0, 0.05) is 20.4 Å². The lowest BCUT2D eigenvalue weighted by molar-refractivity contribution is 0.0516. The number of carbonyl (C=O) groups excluding carboxylic acids is 1. The van der Waals surface area contributed by atoms with Crippen molar-refractivity contribution in [2.75, 3.05) is 44.0 Å². The summed E-state index contributed by atoms with van der Waals surface area (Å²) in [4.78, 5) is 11.8. The zero-order chi connectivity index (χ0) is 16.6. The van der Waals surface area contributed by atoms with E-state index < -0.39 is 16.0 Å². The fourth-order valence-corrected chi connectivity index (χ4v) is 2.64. The number of carbonyl (C=O) groups is 1. The van der Waals surface area contributed by atoms with Gasteiger partial charge in [-0.25, -0.2) is 13.2 Å². The highest BCUT2D eigenvalue weighted by atomic mass is 32.2. The van der Waals surface area contributed by atoms with Gasteiger partial charge in [0.25, 0.3) is 0 Å². The van der Waals surface area contributed by atoms with Gasteiger partial charge in [0.05, 0.1) is 37.9 Å². The number of aryl methyl sites for hydroxylation is 1. The van der Waals surface area contributed by atoms with Gasteiger partial charge in [-0.3, -0.25) is 4.72 Å². The van der Waals surface area contributed by atoms with E-state index in [0.717, 1.165) is 0 Å². The molecule has 0 saturated heterocycles. The minimum atomic E-state index is -3.62. The smallest absolute Gasteiger partial charge is 0.357 e. The molecule has 0 spiro atoms. The molecule has 1 N–H and O–H groups in total. The average molecular weight is 334 g/mol. The van der Waals surface area contributed by atoms with Crippen LogP contribution in [0.15, 0.2) is 12.3 Å². The van der Waals surface area contributed by atoms with Crippen molar-refractivity contribution in [1.29, 1.82) is 0 Å². The van der Waals surface area contributed by atoms with E-state index in [1.807, 2.05) is 0 Å². The number of hydrogen-bond acceptors (Lipinski definition) is 6. The molecule has 0 aromatic carbocycles. The summed E-state index contributed by atoms with van der Waals surface area (Å²) in [6.07, 6.45) is 1.58. The first-order valence-corrected chi connectivity index (χ1v) is 8.46. The summed E-state index contributed by atoms with van der Waals surface area (Å²) < 4.78 is 42.7. The average Bonchev–Trinajstić information content (AvgIpc) is 2.79. The Kier molecular flexibility index (Phi) is 7.36. The number of hydrogen-bond donors (Lipinski definition) is 1. The van der Waals surface area contributed by atoms with Crippen LogP contribution in [-0.2, 0) is 31.3 Å². The lowest BCUT2D eigenvalue weighted by Crippen LogP contribution is -2.22. The second kappa shape index (κ2) is 8.76. The van der Waals surface area contributed by atoms with Gasteiger partial charge in [-0.2, -0.15) is 0 Å². The van der Waals surface area contributed by atoms with E-state index in [9.17, 15) is 13.2 Å². The van der Waals surface area contributed by atoms with Crippen molar-refractivity contribution in [2.45, 2.75) is 6.92 Å². The van der Waals surface area contributed by atoms with Crippen molar-refractivity contribution >= 4 is 21.7 Å². The van der Waals surface area contributed by atoms with Crippen molar-refractivity contribution in [3.63, 3.8) is 0 Å². The Morgan fingerprint density at radius 2 is 2.05 bits per heavy atom. The largest absolute Gasteiger partial charge is 0.461 e. The second-order valence-electron chi connectivity index (χ2n) is 4.44. The van der Waals surface area contributed by atoms with E-state index in [1.165, 1.54) is 17.7 Å². The first kappa shape index (κ1) is 18.5. The number of aromatic nitrogens is 1. The molecule has 0 saturated carbocycles. The molecule has 1 aromatic rings. The fourth-order valence-electron chi connectivity index (χ4n) is 1.70. The SMILES string of the molecule is CCOC(=O)c1c(NS(=O)(=O)CCOCCOC)ccn1C. The molecule has 1 heterocycles. The van der Waals surface area contributed by atoms with Crippen molar-refractivity contribution in [3.05, 3.63) is 18.0 Å². The highest BCUT2D eigenvalue weighted by Gasteiger charge is 2.20. The zero-order valence-corrected chi connectivity index (χ0v) is 13.8.